The van der Waals surface area contributed by atoms with Crippen LogP contribution in [-0.2, 0) is 14.3 Å². The quantitative estimate of drug-likeness (QED) is 0.711. The Labute approximate surface area is 110 Å². The summed E-state index contributed by atoms with van der Waals surface area (Å²) in [4.78, 5) is 11.0. The molecule has 0 aromatic heterocycles. The summed E-state index contributed by atoms with van der Waals surface area (Å²) in [5.41, 5.74) is 5.67. The summed E-state index contributed by atoms with van der Waals surface area (Å²) in [5, 5.41) is 0. The smallest absolute Gasteiger partial charge is 0.307 e. The van der Waals surface area contributed by atoms with Gasteiger partial charge in [-0.3, -0.25) is 4.79 Å². The van der Waals surface area contributed by atoms with Gasteiger partial charge in [0.05, 0.1) is 25.7 Å². The zero-order valence-electron chi connectivity index (χ0n) is 11.7. The van der Waals surface area contributed by atoms with Gasteiger partial charge in [0.1, 0.15) is 0 Å². The van der Waals surface area contributed by atoms with Crippen molar-refractivity contribution in [3.8, 4) is 0 Å². The number of methoxy groups -OCH3 is 1. The SMILES string of the molecule is CCCC1CCC(CN)(OCCC(=O)OC)CC1. The molecule has 0 aromatic carbocycles. The van der Waals surface area contributed by atoms with Gasteiger partial charge in [0, 0.05) is 6.54 Å². The Morgan fingerprint density at radius 3 is 2.56 bits per heavy atom. The van der Waals surface area contributed by atoms with Crippen molar-refractivity contribution in [2.24, 2.45) is 11.7 Å². The highest BCUT2D eigenvalue weighted by Gasteiger charge is 2.34. The van der Waals surface area contributed by atoms with Gasteiger partial charge in [0.25, 0.3) is 0 Å². The summed E-state index contributed by atoms with van der Waals surface area (Å²) in [5.74, 6) is 0.612. The van der Waals surface area contributed by atoms with Crippen LogP contribution in [-0.4, -0.2) is 31.8 Å². The molecule has 4 heteroatoms. The number of hydrogen-bond acceptors (Lipinski definition) is 4. The van der Waals surface area contributed by atoms with Crippen molar-refractivity contribution in [3.63, 3.8) is 0 Å². The topological polar surface area (TPSA) is 61.5 Å². The maximum absolute atomic E-state index is 11.0. The molecule has 4 nitrogen and oxygen atoms in total. The highest BCUT2D eigenvalue weighted by atomic mass is 16.5. The van der Waals surface area contributed by atoms with Crippen LogP contribution >= 0.6 is 0 Å². The molecule has 18 heavy (non-hydrogen) atoms. The number of rotatable bonds is 7. The van der Waals surface area contributed by atoms with Crippen LogP contribution in [0.2, 0.25) is 0 Å². The van der Waals surface area contributed by atoms with Crippen molar-refractivity contribution < 1.29 is 14.3 Å². The van der Waals surface area contributed by atoms with Crippen LogP contribution in [0.4, 0.5) is 0 Å². The van der Waals surface area contributed by atoms with Crippen LogP contribution in [0.3, 0.4) is 0 Å². The Balaban J connectivity index is 2.33. The minimum atomic E-state index is -0.221. The van der Waals surface area contributed by atoms with E-state index in [-0.39, 0.29) is 11.6 Å². The number of nitrogens with two attached hydrogens (primary N) is 1. The summed E-state index contributed by atoms with van der Waals surface area (Å²) in [6.45, 7) is 3.20. The zero-order chi connectivity index (χ0) is 13.4. The second-order valence-electron chi connectivity index (χ2n) is 5.29. The summed E-state index contributed by atoms with van der Waals surface area (Å²) in [7, 11) is 1.40. The molecule has 0 saturated heterocycles. The van der Waals surface area contributed by atoms with Crippen molar-refractivity contribution in [2.75, 3.05) is 20.3 Å². The van der Waals surface area contributed by atoms with Crippen molar-refractivity contribution >= 4 is 5.97 Å². The highest BCUT2D eigenvalue weighted by Crippen LogP contribution is 2.36. The second-order valence-corrected chi connectivity index (χ2v) is 5.29. The Bertz CT molecular complexity index is 247. The Kier molecular flexibility index (Phi) is 6.65. The lowest BCUT2D eigenvalue weighted by Gasteiger charge is -2.39. The van der Waals surface area contributed by atoms with Gasteiger partial charge in [-0.1, -0.05) is 19.8 Å². The van der Waals surface area contributed by atoms with Gasteiger partial charge in [0.15, 0.2) is 0 Å². The van der Waals surface area contributed by atoms with Crippen molar-refractivity contribution in [2.45, 2.75) is 57.5 Å². The molecule has 1 saturated carbocycles. The van der Waals surface area contributed by atoms with Gasteiger partial charge >= 0.3 is 5.97 Å². The van der Waals surface area contributed by atoms with Gasteiger partial charge in [-0.05, 0) is 31.6 Å². The minimum absolute atomic E-state index is 0.196. The first-order valence-corrected chi connectivity index (χ1v) is 7.06. The van der Waals surface area contributed by atoms with Crippen molar-refractivity contribution in [1.29, 1.82) is 0 Å². The molecular weight excluding hydrogens is 230 g/mol. The molecule has 0 unspecified atom stereocenters. The van der Waals surface area contributed by atoms with Gasteiger partial charge in [-0.2, -0.15) is 0 Å². The lowest BCUT2D eigenvalue weighted by molar-refractivity contribution is -0.144. The van der Waals surface area contributed by atoms with Crippen LogP contribution < -0.4 is 5.73 Å². The largest absolute Gasteiger partial charge is 0.469 e. The maximum Gasteiger partial charge on any atom is 0.307 e. The monoisotopic (exact) mass is 257 g/mol. The number of esters is 1. The fraction of sp³-hybridized carbons (Fsp3) is 0.929. The third-order valence-electron chi connectivity index (χ3n) is 4.03. The van der Waals surface area contributed by atoms with Crippen LogP contribution in [0, 0.1) is 5.92 Å². The summed E-state index contributed by atoms with van der Waals surface area (Å²) in [6.07, 6.45) is 7.32. The Hall–Kier alpha value is -0.610. The van der Waals surface area contributed by atoms with Crippen LogP contribution in [0.5, 0.6) is 0 Å². The van der Waals surface area contributed by atoms with Gasteiger partial charge in [0.2, 0.25) is 0 Å². The molecular formula is C14H27NO3. The molecule has 1 fully saturated rings. The minimum Gasteiger partial charge on any atom is -0.469 e. The number of carbonyl (C=O) groups is 1. The van der Waals surface area contributed by atoms with Crippen LogP contribution in [0.25, 0.3) is 0 Å². The third kappa shape index (κ3) is 4.58. The number of carbonyl (C=O) groups excluding carboxylic acids is 1. The summed E-state index contributed by atoms with van der Waals surface area (Å²) in [6, 6.07) is 0. The van der Waals surface area contributed by atoms with E-state index in [1.807, 2.05) is 0 Å². The lowest BCUT2D eigenvalue weighted by atomic mass is 9.77. The molecule has 0 radical (unpaired) electrons. The first-order chi connectivity index (χ1) is 8.65. The molecule has 1 rings (SSSR count). The van der Waals surface area contributed by atoms with Gasteiger partial charge in [-0.25, -0.2) is 0 Å². The first-order valence-electron chi connectivity index (χ1n) is 7.06. The first kappa shape index (κ1) is 15.4. The van der Waals surface area contributed by atoms with E-state index in [9.17, 15) is 4.79 Å². The molecule has 106 valence electrons. The Morgan fingerprint density at radius 2 is 2.06 bits per heavy atom. The molecule has 0 bridgehead atoms. The molecule has 2 N–H and O–H groups in total. The standard InChI is InChI=1S/C14H27NO3/c1-3-4-12-5-8-14(11-15,9-6-12)18-10-7-13(16)17-2/h12H,3-11,15H2,1-2H3. The molecule has 0 amide bonds. The van der Waals surface area contributed by atoms with E-state index >= 15 is 0 Å². The zero-order valence-corrected chi connectivity index (χ0v) is 11.7. The normalized spacial score (nSPS) is 28.1. The van der Waals surface area contributed by atoms with Gasteiger partial charge < -0.3 is 15.2 Å². The van der Waals surface area contributed by atoms with Crippen molar-refractivity contribution in [1.82, 2.24) is 0 Å². The molecule has 0 aliphatic heterocycles. The molecule has 0 heterocycles. The predicted molar refractivity (Wildman–Crippen MR) is 71.2 cm³/mol. The average molecular weight is 257 g/mol. The highest BCUT2D eigenvalue weighted by molar-refractivity contribution is 5.69. The fourth-order valence-corrected chi connectivity index (χ4v) is 2.76. The predicted octanol–water partition coefficient (Wildman–Crippen LogP) is 2.25. The van der Waals surface area contributed by atoms with E-state index in [0.29, 0.717) is 19.6 Å². The fourth-order valence-electron chi connectivity index (χ4n) is 2.76. The molecule has 1 aliphatic carbocycles. The van der Waals surface area contributed by atoms with Crippen LogP contribution in [0.15, 0.2) is 0 Å². The average Bonchev–Trinajstić information content (AvgIpc) is 2.41. The molecule has 0 aromatic rings. The van der Waals surface area contributed by atoms with E-state index in [4.69, 9.17) is 10.5 Å². The Morgan fingerprint density at radius 1 is 1.39 bits per heavy atom. The van der Waals surface area contributed by atoms with E-state index in [2.05, 4.69) is 11.7 Å². The van der Waals surface area contributed by atoms with Crippen molar-refractivity contribution in [3.05, 3.63) is 0 Å². The second kappa shape index (κ2) is 7.74. The summed E-state index contributed by atoms with van der Waals surface area (Å²) < 4.78 is 10.5. The lowest BCUT2D eigenvalue weighted by Crippen LogP contribution is -2.44. The molecule has 0 atom stereocenters. The van der Waals surface area contributed by atoms with E-state index in [1.165, 1.54) is 32.8 Å². The third-order valence-corrected chi connectivity index (χ3v) is 4.03. The van der Waals surface area contributed by atoms with Crippen LogP contribution in [0.1, 0.15) is 51.9 Å². The number of hydrogen-bond donors (Lipinski definition) is 1. The van der Waals surface area contributed by atoms with E-state index < -0.39 is 0 Å². The molecule has 1 aliphatic rings. The maximum atomic E-state index is 11.0. The van der Waals surface area contributed by atoms with E-state index in [0.717, 1.165) is 18.8 Å². The number of ether oxygens (including phenoxy) is 2. The van der Waals surface area contributed by atoms with Gasteiger partial charge in [-0.15, -0.1) is 0 Å². The molecule has 0 spiro atoms. The van der Waals surface area contributed by atoms with E-state index in [1.54, 1.807) is 0 Å². The summed E-state index contributed by atoms with van der Waals surface area (Å²) >= 11 is 0.